The lowest BCUT2D eigenvalue weighted by Crippen LogP contribution is -2.41. The van der Waals surface area contributed by atoms with E-state index in [2.05, 4.69) is 6.58 Å². The maximum absolute atomic E-state index is 6.02. The van der Waals surface area contributed by atoms with Crippen molar-refractivity contribution in [2.45, 2.75) is 38.9 Å². The standard InChI is InChI=1S/C14H17BCl2O2/c1-9(10-6-7-11(16)12(17)8-10)15-18-13(2,3)14(4,5)19-15/h6-8H,1H2,2-5H3. The molecule has 2 nitrogen and oxygen atoms in total. The van der Waals surface area contributed by atoms with Crippen LogP contribution in [0.5, 0.6) is 0 Å². The van der Waals surface area contributed by atoms with E-state index >= 15 is 0 Å². The van der Waals surface area contributed by atoms with Crippen molar-refractivity contribution in [3.05, 3.63) is 40.4 Å². The molecule has 5 heteroatoms. The van der Waals surface area contributed by atoms with Gasteiger partial charge in [-0.05, 0) is 50.9 Å². The summed E-state index contributed by atoms with van der Waals surface area (Å²) in [5, 5.41) is 1.02. The van der Waals surface area contributed by atoms with Gasteiger partial charge in [0.25, 0.3) is 0 Å². The summed E-state index contributed by atoms with van der Waals surface area (Å²) >= 11 is 11.9. The molecule has 2 rings (SSSR count). The lowest BCUT2D eigenvalue weighted by Gasteiger charge is -2.32. The Morgan fingerprint density at radius 2 is 1.58 bits per heavy atom. The highest BCUT2D eigenvalue weighted by Gasteiger charge is 2.52. The first-order valence-corrected chi connectivity index (χ1v) is 6.89. The van der Waals surface area contributed by atoms with Crippen LogP contribution in [0.2, 0.25) is 10.0 Å². The van der Waals surface area contributed by atoms with E-state index in [0.29, 0.717) is 10.0 Å². The SMILES string of the molecule is C=C(B1OC(C)(C)C(C)(C)O1)c1ccc(Cl)c(Cl)c1. The van der Waals surface area contributed by atoms with Gasteiger partial charge in [-0.2, -0.15) is 0 Å². The van der Waals surface area contributed by atoms with Crippen LogP contribution in [0.1, 0.15) is 33.3 Å². The third-order valence-corrected chi connectivity index (χ3v) is 4.57. The van der Waals surface area contributed by atoms with Crippen molar-refractivity contribution < 1.29 is 9.31 Å². The highest BCUT2D eigenvalue weighted by Crippen LogP contribution is 2.40. The number of halogens is 2. The lowest BCUT2D eigenvalue weighted by atomic mass is 9.75. The van der Waals surface area contributed by atoms with E-state index in [4.69, 9.17) is 32.5 Å². The Bertz CT molecular complexity index is 510. The third kappa shape index (κ3) is 2.70. The largest absolute Gasteiger partial charge is 0.494 e. The van der Waals surface area contributed by atoms with Crippen molar-refractivity contribution >= 4 is 35.8 Å². The summed E-state index contributed by atoms with van der Waals surface area (Å²) in [4.78, 5) is 0. The van der Waals surface area contributed by atoms with E-state index in [9.17, 15) is 0 Å². The average molecular weight is 299 g/mol. The Morgan fingerprint density at radius 3 is 2.05 bits per heavy atom. The van der Waals surface area contributed by atoms with E-state index in [1.807, 2.05) is 33.8 Å². The van der Waals surface area contributed by atoms with Gasteiger partial charge in [0.05, 0.1) is 21.2 Å². The molecule has 0 aliphatic carbocycles. The van der Waals surface area contributed by atoms with Gasteiger partial charge in [0.15, 0.2) is 0 Å². The van der Waals surface area contributed by atoms with E-state index in [1.165, 1.54) is 0 Å². The minimum absolute atomic E-state index is 0.378. The van der Waals surface area contributed by atoms with Crippen LogP contribution in [0.3, 0.4) is 0 Å². The van der Waals surface area contributed by atoms with Crippen LogP contribution < -0.4 is 0 Å². The van der Waals surface area contributed by atoms with Gasteiger partial charge in [-0.25, -0.2) is 0 Å². The fourth-order valence-corrected chi connectivity index (χ4v) is 2.12. The second-order valence-corrected chi connectivity index (χ2v) is 6.56. The van der Waals surface area contributed by atoms with Crippen molar-refractivity contribution in [3.63, 3.8) is 0 Å². The molecule has 1 saturated heterocycles. The molecule has 0 spiro atoms. The average Bonchev–Trinajstić information content (AvgIpc) is 2.51. The molecule has 19 heavy (non-hydrogen) atoms. The Kier molecular flexibility index (Phi) is 3.78. The van der Waals surface area contributed by atoms with Crippen LogP contribution >= 0.6 is 23.2 Å². The topological polar surface area (TPSA) is 18.5 Å². The maximum Gasteiger partial charge on any atom is 0.494 e. The maximum atomic E-state index is 6.02. The first-order chi connectivity index (χ1) is 8.64. The van der Waals surface area contributed by atoms with Crippen LogP contribution in [0, 0.1) is 0 Å². The van der Waals surface area contributed by atoms with Gasteiger partial charge in [-0.3, -0.25) is 0 Å². The first-order valence-electron chi connectivity index (χ1n) is 6.14. The van der Waals surface area contributed by atoms with Crippen molar-refractivity contribution in [3.8, 4) is 0 Å². The fraction of sp³-hybridized carbons (Fsp3) is 0.429. The normalized spacial score (nSPS) is 20.6. The highest BCUT2D eigenvalue weighted by molar-refractivity contribution is 6.68. The molecule has 0 bridgehead atoms. The Labute approximate surface area is 124 Å². The molecule has 0 N–H and O–H groups in total. The van der Waals surface area contributed by atoms with Crippen LogP contribution in [-0.2, 0) is 9.31 Å². The fourth-order valence-electron chi connectivity index (χ4n) is 1.82. The van der Waals surface area contributed by atoms with Crippen molar-refractivity contribution in [2.24, 2.45) is 0 Å². The second-order valence-electron chi connectivity index (χ2n) is 5.74. The van der Waals surface area contributed by atoms with Crippen LogP contribution in [0.25, 0.3) is 5.47 Å². The summed E-state index contributed by atoms with van der Waals surface area (Å²) in [6.45, 7) is 12.1. The number of benzene rings is 1. The van der Waals surface area contributed by atoms with Gasteiger partial charge in [0, 0.05) is 0 Å². The predicted molar refractivity (Wildman–Crippen MR) is 81.6 cm³/mol. The van der Waals surface area contributed by atoms with E-state index < -0.39 is 7.12 Å². The van der Waals surface area contributed by atoms with Gasteiger partial charge < -0.3 is 9.31 Å². The minimum atomic E-state index is -0.470. The highest BCUT2D eigenvalue weighted by atomic mass is 35.5. The molecule has 1 aromatic carbocycles. The zero-order valence-electron chi connectivity index (χ0n) is 11.6. The quantitative estimate of drug-likeness (QED) is 0.741. The third-order valence-electron chi connectivity index (χ3n) is 3.83. The molecule has 1 aliphatic rings. The minimum Gasteiger partial charge on any atom is -0.399 e. The summed E-state index contributed by atoms with van der Waals surface area (Å²) in [6, 6.07) is 5.38. The smallest absolute Gasteiger partial charge is 0.399 e. The van der Waals surface area contributed by atoms with E-state index in [-0.39, 0.29) is 11.2 Å². The zero-order chi connectivity index (χ0) is 14.4. The van der Waals surface area contributed by atoms with Gasteiger partial charge in [0.2, 0.25) is 0 Å². The monoisotopic (exact) mass is 298 g/mol. The summed E-state index contributed by atoms with van der Waals surface area (Å²) in [6.07, 6.45) is 0. The molecule has 0 unspecified atom stereocenters. The van der Waals surface area contributed by atoms with Gasteiger partial charge in [-0.15, -0.1) is 0 Å². The number of rotatable bonds is 2. The first kappa shape index (κ1) is 14.9. The molecule has 0 aromatic heterocycles. The summed E-state index contributed by atoms with van der Waals surface area (Å²) in [5.41, 5.74) is 0.860. The summed E-state index contributed by atoms with van der Waals surface area (Å²) < 4.78 is 11.9. The lowest BCUT2D eigenvalue weighted by molar-refractivity contribution is 0.00578. The van der Waals surface area contributed by atoms with Crippen molar-refractivity contribution in [1.82, 2.24) is 0 Å². The molecule has 102 valence electrons. The zero-order valence-corrected chi connectivity index (χ0v) is 13.1. The predicted octanol–water partition coefficient (Wildman–Crippen LogP) is 4.64. The number of hydrogen-bond acceptors (Lipinski definition) is 2. The summed E-state index contributed by atoms with van der Waals surface area (Å²) in [7, 11) is -0.470. The molecular formula is C14H17BCl2O2. The Hall–Kier alpha value is -0.475. The molecular weight excluding hydrogens is 282 g/mol. The van der Waals surface area contributed by atoms with Crippen LogP contribution in [0.4, 0.5) is 0 Å². The van der Waals surface area contributed by atoms with Crippen LogP contribution in [0.15, 0.2) is 24.8 Å². The molecule has 1 fully saturated rings. The Morgan fingerprint density at radius 1 is 1.05 bits per heavy atom. The van der Waals surface area contributed by atoms with E-state index in [0.717, 1.165) is 11.0 Å². The molecule has 1 heterocycles. The van der Waals surface area contributed by atoms with E-state index in [1.54, 1.807) is 12.1 Å². The van der Waals surface area contributed by atoms with Crippen molar-refractivity contribution in [2.75, 3.05) is 0 Å². The van der Waals surface area contributed by atoms with Crippen LogP contribution in [-0.4, -0.2) is 18.3 Å². The second kappa shape index (κ2) is 4.82. The van der Waals surface area contributed by atoms with Gasteiger partial charge in [0.1, 0.15) is 0 Å². The number of hydrogen-bond donors (Lipinski definition) is 0. The van der Waals surface area contributed by atoms with Crippen molar-refractivity contribution in [1.29, 1.82) is 0 Å². The molecule has 0 amide bonds. The van der Waals surface area contributed by atoms with Gasteiger partial charge >= 0.3 is 7.12 Å². The molecule has 1 aromatic rings. The molecule has 0 saturated carbocycles. The summed E-state index contributed by atoms with van der Waals surface area (Å²) in [5.74, 6) is 0. The molecule has 0 atom stereocenters. The Balaban J connectivity index is 2.24. The molecule has 0 radical (unpaired) electrons. The van der Waals surface area contributed by atoms with Gasteiger partial charge in [-0.1, -0.05) is 35.8 Å². The molecule has 1 aliphatic heterocycles.